The largest absolute Gasteiger partial charge is 0.495 e. The van der Waals surface area contributed by atoms with Crippen LogP contribution < -0.4 is 10.1 Å². The number of aromatic carboxylic acids is 1. The van der Waals surface area contributed by atoms with Gasteiger partial charge in [0.2, 0.25) is 5.91 Å². The van der Waals surface area contributed by atoms with Gasteiger partial charge in [-0.3, -0.25) is 4.79 Å². The fourth-order valence-corrected chi connectivity index (χ4v) is 1.86. The van der Waals surface area contributed by atoms with Gasteiger partial charge in [-0.1, -0.05) is 26.2 Å². The summed E-state index contributed by atoms with van der Waals surface area (Å²) in [5, 5.41) is 11.7. The topological polar surface area (TPSA) is 75.6 Å². The SMILES string of the molecule is CCCCCCC(=O)Nc1cc(C(=O)O)ccc1OC. The molecule has 1 amide bonds. The van der Waals surface area contributed by atoms with Crippen molar-refractivity contribution >= 4 is 17.6 Å². The molecule has 0 saturated heterocycles. The maximum atomic E-state index is 11.8. The summed E-state index contributed by atoms with van der Waals surface area (Å²) >= 11 is 0. The van der Waals surface area contributed by atoms with Crippen molar-refractivity contribution in [1.29, 1.82) is 0 Å². The Bertz CT molecular complexity index is 471. The summed E-state index contributed by atoms with van der Waals surface area (Å²) in [6.07, 6.45) is 4.53. The first kappa shape index (κ1) is 16.0. The van der Waals surface area contributed by atoms with Crippen LogP contribution in [-0.2, 0) is 4.79 Å². The predicted molar refractivity (Wildman–Crippen MR) is 77.3 cm³/mol. The molecule has 0 spiro atoms. The van der Waals surface area contributed by atoms with Crippen molar-refractivity contribution in [2.45, 2.75) is 39.0 Å². The molecule has 0 bridgehead atoms. The number of amides is 1. The lowest BCUT2D eigenvalue weighted by atomic mass is 10.1. The van der Waals surface area contributed by atoms with Crippen LogP contribution in [-0.4, -0.2) is 24.1 Å². The second-order valence-electron chi connectivity index (χ2n) is 4.58. The molecule has 0 aliphatic carbocycles. The molecule has 0 aliphatic rings. The van der Waals surface area contributed by atoms with Crippen molar-refractivity contribution in [3.63, 3.8) is 0 Å². The maximum absolute atomic E-state index is 11.8. The summed E-state index contributed by atoms with van der Waals surface area (Å²) < 4.78 is 5.12. The molecule has 0 unspecified atom stereocenters. The molecule has 20 heavy (non-hydrogen) atoms. The second kappa shape index (κ2) is 8.19. The Morgan fingerprint density at radius 2 is 2.00 bits per heavy atom. The van der Waals surface area contributed by atoms with E-state index in [1.165, 1.54) is 25.3 Å². The van der Waals surface area contributed by atoms with Crippen molar-refractivity contribution in [2.75, 3.05) is 12.4 Å². The van der Waals surface area contributed by atoms with E-state index in [-0.39, 0.29) is 11.5 Å². The Kier molecular flexibility index (Phi) is 6.56. The highest BCUT2D eigenvalue weighted by molar-refractivity contribution is 5.95. The van der Waals surface area contributed by atoms with Gasteiger partial charge in [0, 0.05) is 6.42 Å². The summed E-state index contributed by atoms with van der Waals surface area (Å²) in [6, 6.07) is 4.39. The number of rotatable bonds is 8. The summed E-state index contributed by atoms with van der Waals surface area (Å²) in [5.41, 5.74) is 0.514. The molecule has 5 heteroatoms. The number of ether oxygens (including phenoxy) is 1. The molecule has 1 aromatic rings. The smallest absolute Gasteiger partial charge is 0.335 e. The number of carboxylic acids is 1. The third kappa shape index (κ3) is 4.91. The van der Waals surface area contributed by atoms with Gasteiger partial charge >= 0.3 is 5.97 Å². The Morgan fingerprint density at radius 3 is 2.60 bits per heavy atom. The number of nitrogens with one attached hydrogen (secondary N) is 1. The first-order chi connectivity index (χ1) is 9.58. The van der Waals surface area contributed by atoms with Crippen LogP contribution in [0.4, 0.5) is 5.69 Å². The third-order valence-electron chi connectivity index (χ3n) is 2.98. The molecule has 2 N–H and O–H groups in total. The van der Waals surface area contributed by atoms with Crippen molar-refractivity contribution in [3.05, 3.63) is 23.8 Å². The highest BCUT2D eigenvalue weighted by Crippen LogP contribution is 2.25. The van der Waals surface area contributed by atoms with E-state index < -0.39 is 5.97 Å². The van der Waals surface area contributed by atoms with Gasteiger partial charge in [0.1, 0.15) is 5.75 Å². The van der Waals surface area contributed by atoms with E-state index in [1.807, 2.05) is 0 Å². The fourth-order valence-electron chi connectivity index (χ4n) is 1.86. The molecule has 0 aromatic heterocycles. The molecule has 0 aliphatic heterocycles. The molecule has 110 valence electrons. The minimum Gasteiger partial charge on any atom is -0.495 e. The predicted octanol–water partition coefficient (Wildman–Crippen LogP) is 3.30. The van der Waals surface area contributed by atoms with Gasteiger partial charge in [-0.15, -0.1) is 0 Å². The van der Waals surface area contributed by atoms with E-state index in [0.29, 0.717) is 17.9 Å². The number of carboxylic acid groups (broad SMARTS) is 1. The van der Waals surface area contributed by atoms with Crippen molar-refractivity contribution < 1.29 is 19.4 Å². The minimum atomic E-state index is -1.04. The number of carbonyl (C=O) groups excluding carboxylic acids is 1. The number of benzene rings is 1. The van der Waals surface area contributed by atoms with Crippen LogP contribution in [0.25, 0.3) is 0 Å². The zero-order valence-corrected chi connectivity index (χ0v) is 11.9. The van der Waals surface area contributed by atoms with E-state index in [4.69, 9.17) is 9.84 Å². The Labute approximate surface area is 118 Å². The number of methoxy groups -OCH3 is 1. The Hall–Kier alpha value is -2.04. The molecular weight excluding hydrogens is 258 g/mol. The van der Waals surface area contributed by atoms with E-state index >= 15 is 0 Å². The van der Waals surface area contributed by atoms with Crippen LogP contribution in [0.1, 0.15) is 49.4 Å². The summed E-state index contributed by atoms with van der Waals surface area (Å²) in [4.78, 5) is 22.7. The molecule has 0 heterocycles. The minimum absolute atomic E-state index is 0.118. The highest BCUT2D eigenvalue weighted by Gasteiger charge is 2.11. The zero-order chi connectivity index (χ0) is 15.0. The molecule has 0 saturated carbocycles. The molecule has 1 rings (SSSR count). The first-order valence-corrected chi connectivity index (χ1v) is 6.79. The monoisotopic (exact) mass is 279 g/mol. The highest BCUT2D eigenvalue weighted by atomic mass is 16.5. The normalized spacial score (nSPS) is 10.1. The lowest BCUT2D eigenvalue weighted by Gasteiger charge is -2.11. The molecule has 0 fully saturated rings. The van der Waals surface area contributed by atoms with E-state index in [0.717, 1.165) is 25.7 Å². The van der Waals surface area contributed by atoms with E-state index in [2.05, 4.69) is 12.2 Å². The Morgan fingerprint density at radius 1 is 1.25 bits per heavy atom. The quantitative estimate of drug-likeness (QED) is 0.716. The molecular formula is C15H21NO4. The van der Waals surface area contributed by atoms with Crippen LogP contribution in [0.3, 0.4) is 0 Å². The average molecular weight is 279 g/mol. The van der Waals surface area contributed by atoms with Crippen LogP contribution in [0, 0.1) is 0 Å². The van der Waals surface area contributed by atoms with Gasteiger partial charge < -0.3 is 15.2 Å². The standard InChI is InChI=1S/C15H21NO4/c1-3-4-5-6-7-14(17)16-12-10-11(15(18)19)8-9-13(12)20-2/h8-10H,3-7H2,1-2H3,(H,16,17)(H,18,19). The number of carbonyl (C=O) groups is 2. The van der Waals surface area contributed by atoms with E-state index in [9.17, 15) is 9.59 Å². The fraction of sp³-hybridized carbons (Fsp3) is 0.467. The molecule has 1 aromatic carbocycles. The lowest BCUT2D eigenvalue weighted by molar-refractivity contribution is -0.116. The average Bonchev–Trinajstić information content (AvgIpc) is 2.43. The van der Waals surface area contributed by atoms with Crippen molar-refractivity contribution in [2.24, 2.45) is 0 Å². The summed E-state index contributed by atoms with van der Waals surface area (Å²) in [5.74, 6) is -0.704. The van der Waals surface area contributed by atoms with Crippen LogP contribution in [0.5, 0.6) is 5.75 Å². The van der Waals surface area contributed by atoms with Gasteiger partial charge in [-0.25, -0.2) is 4.79 Å². The lowest BCUT2D eigenvalue weighted by Crippen LogP contribution is -2.12. The van der Waals surface area contributed by atoms with Crippen LogP contribution >= 0.6 is 0 Å². The second-order valence-corrected chi connectivity index (χ2v) is 4.58. The van der Waals surface area contributed by atoms with Gasteiger partial charge in [0.05, 0.1) is 18.4 Å². The van der Waals surface area contributed by atoms with E-state index in [1.54, 1.807) is 0 Å². The number of unbranched alkanes of at least 4 members (excludes halogenated alkanes) is 3. The third-order valence-corrected chi connectivity index (χ3v) is 2.98. The molecule has 0 atom stereocenters. The van der Waals surface area contributed by atoms with Crippen LogP contribution in [0.2, 0.25) is 0 Å². The van der Waals surface area contributed by atoms with Gasteiger partial charge in [0.15, 0.2) is 0 Å². The molecule has 5 nitrogen and oxygen atoms in total. The first-order valence-electron chi connectivity index (χ1n) is 6.79. The maximum Gasteiger partial charge on any atom is 0.335 e. The van der Waals surface area contributed by atoms with Gasteiger partial charge in [-0.2, -0.15) is 0 Å². The summed E-state index contributed by atoms with van der Waals surface area (Å²) in [6.45, 7) is 2.11. The number of hydrogen-bond donors (Lipinski definition) is 2. The van der Waals surface area contributed by atoms with Gasteiger partial charge in [0.25, 0.3) is 0 Å². The van der Waals surface area contributed by atoms with Crippen LogP contribution in [0.15, 0.2) is 18.2 Å². The number of anilines is 1. The van der Waals surface area contributed by atoms with Crippen molar-refractivity contribution in [3.8, 4) is 5.75 Å². The Balaban J connectivity index is 2.67. The molecule has 0 radical (unpaired) electrons. The summed E-state index contributed by atoms with van der Waals surface area (Å²) in [7, 11) is 1.48. The number of hydrogen-bond acceptors (Lipinski definition) is 3. The van der Waals surface area contributed by atoms with Crippen molar-refractivity contribution in [1.82, 2.24) is 0 Å². The zero-order valence-electron chi connectivity index (χ0n) is 11.9. The van der Waals surface area contributed by atoms with Gasteiger partial charge in [-0.05, 0) is 24.6 Å².